The Hall–Kier alpha value is -2.90. The first kappa shape index (κ1) is 22.3. The number of amides is 1. The Balaban J connectivity index is 1.25. The summed E-state index contributed by atoms with van der Waals surface area (Å²) >= 11 is 3.07. The SMILES string of the molecule is O=C(Cn1c2c(sc1=O)[C@@H](c1ccc(F)cc1)[C@@H]1[C@H]3CC[C@@H](C3)[C@H]1S2)Nc1cccc2ccccc12. The van der Waals surface area contributed by atoms with Gasteiger partial charge in [-0.3, -0.25) is 14.2 Å². The first-order chi connectivity index (χ1) is 17.6. The normalized spacial score (nSPS) is 26.1. The predicted molar refractivity (Wildman–Crippen MR) is 143 cm³/mol. The maximum absolute atomic E-state index is 13.8. The highest BCUT2D eigenvalue weighted by Gasteiger charge is 2.55. The van der Waals surface area contributed by atoms with E-state index in [1.54, 1.807) is 4.57 Å². The van der Waals surface area contributed by atoms with E-state index < -0.39 is 0 Å². The Morgan fingerprint density at radius 2 is 1.78 bits per heavy atom. The molecule has 4 aromatic rings. The van der Waals surface area contributed by atoms with Gasteiger partial charge in [0.05, 0.1) is 5.03 Å². The third-order valence-corrected chi connectivity index (χ3v) is 11.1. The van der Waals surface area contributed by atoms with E-state index in [0.29, 0.717) is 23.0 Å². The van der Waals surface area contributed by atoms with Crippen molar-refractivity contribution in [2.24, 2.45) is 17.8 Å². The van der Waals surface area contributed by atoms with Gasteiger partial charge in [0.1, 0.15) is 12.4 Å². The van der Waals surface area contributed by atoms with Gasteiger partial charge < -0.3 is 5.32 Å². The van der Waals surface area contributed by atoms with E-state index in [2.05, 4.69) is 5.32 Å². The fourth-order valence-electron chi connectivity index (χ4n) is 6.80. The van der Waals surface area contributed by atoms with E-state index in [1.165, 1.54) is 42.7 Å². The zero-order valence-corrected chi connectivity index (χ0v) is 21.2. The van der Waals surface area contributed by atoms with Crippen molar-refractivity contribution < 1.29 is 9.18 Å². The van der Waals surface area contributed by atoms with Crippen LogP contribution in [-0.4, -0.2) is 15.7 Å². The summed E-state index contributed by atoms with van der Waals surface area (Å²) in [5.41, 5.74) is 1.83. The summed E-state index contributed by atoms with van der Waals surface area (Å²) in [5.74, 6) is 1.39. The molecular formula is C29H25FN2O2S2. The zero-order chi connectivity index (χ0) is 24.4. The summed E-state index contributed by atoms with van der Waals surface area (Å²) in [7, 11) is 0. The monoisotopic (exact) mass is 516 g/mol. The highest BCUT2D eigenvalue weighted by atomic mass is 32.2. The molecule has 5 atom stereocenters. The van der Waals surface area contributed by atoms with Crippen molar-refractivity contribution in [2.75, 3.05) is 5.32 Å². The average Bonchev–Trinajstić information content (AvgIpc) is 3.58. The van der Waals surface area contributed by atoms with Gasteiger partial charge in [0.2, 0.25) is 5.91 Å². The van der Waals surface area contributed by atoms with Crippen LogP contribution in [0, 0.1) is 23.6 Å². The molecule has 1 aromatic heterocycles. The van der Waals surface area contributed by atoms with Gasteiger partial charge in [-0.1, -0.05) is 59.9 Å². The van der Waals surface area contributed by atoms with Crippen LogP contribution in [0.15, 0.2) is 76.6 Å². The van der Waals surface area contributed by atoms with Crippen molar-refractivity contribution in [3.05, 3.63) is 92.7 Å². The van der Waals surface area contributed by atoms with Crippen LogP contribution in [0.4, 0.5) is 10.1 Å². The molecule has 2 fully saturated rings. The highest BCUT2D eigenvalue weighted by Crippen LogP contribution is 2.64. The maximum atomic E-state index is 13.8. The van der Waals surface area contributed by atoms with E-state index in [0.717, 1.165) is 31.9 Å². The molecule has 2 aliphatic carbocycles. The number of anilines is 1. The molecule has 1 aliphatic heterocycles. The third kappa shape index (κ3) is 3.55. The minimum absolute atomic E-state index is 0.0114. The first-order valence-corrected chi connectivity index (χ1v) is 14.2. The number of aromatic nitrogens is 1. The number of fused-ring (bicyclic) bond motifs is 7. The first-order valence-electron chi connectivity index (χ1n) is 12.5. The summed E-state index contributed by atoms with van der Waals surface area (Å²) in [6, 6.07) is 20.6. The molecule has 2 bridgehead atoms. The van der Waals surface area contributed by atoms with E-state index in [4.69, 9.17) is 0 Å². The minimum Gasteiger partial charge on any atom is -0.324 e. The fourth-order valence-corrected chi connectivity index (χ4v) is 9.95. The molecule has 2 heterocycles. The van der Waals surface area contributed by atoms with Crippen molar-refractivity contribution in [1.29, 1.82) is 0 Å². The molecule has 1 N–H and O–H groups in total. The van der Waals surface area contributed by atoms with Gasteiger partial charge in [0, 0.05) is 27.1 Å². The van der Waals surface area contributed by atoms with Crippen molar-refractivity contribution >= 4 is 45.5 Å². The average molecular weight is 517 g/mol. The molecule has 0 unspecified atom stereocenters. The smallest absolute Gasteiger partial charge is 0.308 e. The van der Waals surface area contributed by atoms with Crippen LogP contribution in [0.3, 0.4) is 0 Å². The van der Waals surface area contributed by atoms with Crippen LogP contribution in [0.5, 0.6) is 0 Å². The Bertz CT molecular complexity index is 1540. The lowest BCUT2D eigenvalue weighted by Gasteiger charge is -2.40. The van der Waals surface area contributed by atoms with E-state index in [9.17, 15) is 14.0 Å². The minimum atomic E-state index is -0.246. The van der Waals surface area contributed by atoms with Crippen LogP contribution in [0.1, 0.15) is 35.6 Å². The molecule has 0 radical (unpaired) electrons. The number of benzene rings is 3. The number of nitrogens with zero attached hydrogens (tertiary/aromatic N) is 1. The van der Waals surface area contributed by atoms with Crippen molar-refractivity contribution in [3.8, 4) is 0 Å². The molecule has 1 amide bonds. The van der Waals surface area contributed by atoms with Crippen molar-refractivity contribution in [1.82, 2.24) is 4.57 Å². The summed E-state index contributed by atoms with van der Waals surface area (Å²) in [6.07, 6.45) is 3.71. The van der Waals surface area contributed by atoms with E-state index in [-0.39, 0.29) is 29.1 Å². The maximum Gasteiger partial charge on any atom is 0.308 e. The van der Waals surface area contributed by atoms with Gasteiger partial charge in [-0.25, -0.2) is 4.39 Å². The molecule has 7 heteroatoms. The van der Waals surface area contributed by atoms with Crippen molar-refractivity contribution in [2.45, 2.75) is 42.0 Å². The molecule has 3 aliphatic rings. The van der Waals surface area contributed by atoms with Gasteiger partial charge in [-0.05, 0) is 66.2 Å². The van der Waals surface area contributed by atoms with Gasteiger partial charge >= 0.3 is 4.87 Å². The molecule has 7 rings (SSSR count). The number of nitrogens with one attached hydrogen (secondary N) is 1. The van der Waals surface area contributed by atoms with Crippen LogP contribution in [-0.2, 0) is 11.3 Å². The van der Waals surface area contributed by atoms with Crippen LogP contribution < -0.4 is 10.2 Å². The molecule has 36 heavy (non-hydrogen) atoms. The number of hydrogen-bond donors (Lipinski definition) is 1. The Morgan fingerprint density at radius 1 is 1.00 bits per heavy atom. The predicted octanol–water partition coefficient (Wildman–Crippen LogP) is 6.49. The largest absolute Gasteiger partial charge is 0.324 e. The van der Waals surface area contributed by atoms with Gasteiger partial charge in [-0.2, -0.15) is 0 Å². The molecule has 0 saturated heterocycles. The molecule has 4 nitrogen and oxygen atoms in total. The molecule has 0 spiro atoms. The van der Waals surface area contributed by atoms with Crippen molar-refractivity contribution in [3.63, 3.8) is 0 Å². The standard InChI is InChI=1S/C29H25FN2O2S2/c30-20-12-10-17(11-13-20)24-25-18-8-9-19(14-18)26(25)35-28-27(24)36-29(34)32(28)15-23(33)31-22-7-3-5-16-4-1-2-6-21(16)22/h1-7,10-13,18-19,24-26H,8-9,14-15H2,(H,31,33)/t18-,19-,24-,25-,26+/m0/s1. The van der Waals surface area contributed by atoms with Crippen LogP contribution >= 0.6 is 23.1 Å². The quantitative estimate of drug-likeness (QED) is 0.337. The lowest BCUT2D eigenvalue weighted by Crippen LogP contribution is -2.34. The molecule has 182 valence electrons. The number of hydrogen-bond acceptors (Lipinski definition) is 4. The third-order valence-electron chi connectivity index (χ3n) is 8.29. The summed E-state index contributed by atoms with van der Waals surface area (Å²) in [6.45, 7) is -0.0114. The highest BCUT2D eigenvalue weighted by molar-refractivity contribution is 8.00. The molecular weight excluding hydrogens is 491 g/mol. The Kier molecular flexibility index (Phi) is 5.33. The van der Waals surface area contributed by atoms with Gasteiger partial charge in [0.15, 0.2) is 0 Å². The molecule has 2 saturated carbocycles. The number of carbonyl (C=O) groups excluding carboxylic acids is 1. The topological polar surface area (TPSA) is 51.1 Å². The Morgan fingerprint density at radius 3 is 2.64 bits per heavy atom. The number of halogens is 1. The fraction of sp³-hybridized carbons (Fsp3) is 0.310. The van der Waals surface area contributed by atoms with Crippen LogP contribution in [0.2, 0.25) is 0 Å². The number of thioether (sulfide) groups is 1. The van der Waals surface area contributed by atoms with Gasteiger partial charge in [0.25, 0.3) is 0 Å². The number of rotatable bonds is 4. The zero-order valence-electron chi connectivity index (χ0n) is 19.5. The van der Waals surface area contributed by atoms with E-state index >= 15 is 0 Å². The van der Waals surface area contributed by atoms with E-state index in [1.807, 2.05) is 66.4 Å². The number of thiazole rings is 1. The van der Waals surface area contributed by atoms with Gasteiger partial charge in [-0.15, -0.1) is 11.8 Å². The lowest BCUT2D eigenvalue weighted by atomic mass is 9.75. The summed E-state index contributed by atoms with van der Waals surface area (Å²) < 4.78 is 15.4. The summed E-state index contributed by atoms with van der Waals surface area (Å²) in [4.78, 5) is 27.4. The number of carbonyl (C=O) groups is 1. The second-order valence-electron chi connectivity index (χ2n) is 10.2. The second-order valence-corrected chi connectivity index (χ2v) is 12.4. The summed E-state index contributed by atoms with van der Waals surface area (Å²) in [5, 5.41) is 6.44. The molecule has 3 aromatic carbocycles. The second kappa shape index (κ2) is 8.60. The lowest BCUT2D eigenvalue weighted by molar-refractivity contribution is -0.116. The Labute approximate surface area is 216 Å². The van der Waals surface area contributed by atoms with Crippen LogP contribution in [0.25, 0.3) is 10.8 Å².